The van der Waals surface area contributed by atoms with Gasteiger partial charge < -0.3 is 5.73 Å². The first-order valence-corrected chi connectivity index (χ1v) is 3.34. The van der Waals surface area contributed by atoms with E-state index in [2.05, 4.69) is 5.10 Å². The summed E-state index contributed by atoms with van der Waals surface area (Å²) in [6.45, 7) is 3.59. The lowest BCUT2D eigenvalue weighted by Crippen LogP contribution is -2.13. The van der Waals surface area contributed by atoms with Gasteiger partial charge in [-0.2, -0.15) is 5.10 Å². The average molecular weight is 226 g/mol. The van der Waals surface area contributed by atoms with Crippen LogP contribution in [0.5, 0.6) is 0 Å². The Bertz CT molecular complexity index is 309. The van der Waals surface area contributed by atoms with Gasteiger partial charge in [-0.25, -0.2) is 0 Å². The van der Waals surface area contributed by atoms with Crippen LogP contribution in [0.15, 0.2) is 0 Å². The number of hydrogen-bond acceptors (Lipinski definition) is 2. The van der Waals surface area contributed by atoms with Crippen molar-refractivity contribution in [2.24, 2.45) is 12.8 Å². The highest BCUT2D eigenvalue weighted by molar-refractivity contribution is 5.95. The molecule has 2 N–H and O–H groups in total. The fraction of sp³-hybridized carbons (Fsp3) is 0.429. The molecule has 0 unspecified atom stereocenters. The van der Waals surface area contributed by atoms with Gasteiger partial charge in [-0.15, -0.1) is 24.8 Å². The van der Waals surface area contributed by atoms with Crippen molar-refractivity contribution in [1.82, 2.24) is 9.78 Å². The van der Waals surface area contributed by atoms with Crippen molar-refractivity contribution < 1.29 is 4.79 Å². The van der Waals surface area contributed by atoms with E-state index in [1.165, 1.54) is 0 Å². The molecule has 0 bridgehead atoms. The fourth-order valence-electron chi connectivity index (χ4n) is 1.13. The topological polar surface area (TPSA) is 60.9 Å². The molecule has 0 aliphatic heterocycles. The summed E-state index contributed by atoms with van der Waals surface area (Å²) in [5, 5.41) is 4.05. The Kier molecular flexibility index (Phi) is 5.78. The first-order valence-electron chi connectivity index (χ1n) is 3.34. The van der Waals surface area contributed by atoms with E-state index in [-0.39, 0.29) is 24.8 Å². The van der Waals surface area contributed by atoms with Crippen LogP contribution < -0.4 is 5.73 Å². The Hall–Kier alpha value is -0.740. The van der Waals surface area contributed by atoms with Crippen molar-refractivity contribution in [1.29, 1.82) is 0 Å². The smallest absolute Gasteiger partial charge is 0.252 e. The monoisotopic (exact) mass is 225 g/mol. The number of halogens is 2. The van der Waals surface area contributed by atoms with Gasteiger partial charge in [-0.3, -0.25) is 9.48 Å². The Morgan fingerprint density at radius 1 is 1.38 bits per heavy atom. The molecule has 0 saturated heterocycles. The summed E-state index contributed by atoms with van der Waals surface area (Å²) in [6, 6.07) is 0. The number of nitrogens with zero attached hydrogens (tertiary/aromatic N) is 2. The van der Waals surface area contributed by atoms with E-state index < -0.39 is 5.91 Å². The fourth-order valence-corrected chi connectivity index (χ4v) is 1.13. The van der Waals surface area contributed by atoms with Gasteiger partial charge in [-0.05, 0) is 13.8 Å². The summed E-state index contributed by atoms with van der Waals surface area (Å²) < 4.78 is 1.65. The summed E-state index contributed by atoms with van der Waals surface area (Å²) in [5.74, 6) is -0.409. The minimum Gasteiger partial charge on any atom is -0.365 e. The minimum absolute atomic E-state index is 0. The molecule has 1 aromatic rings. The number of primary amides is 1. The molecule has 6 heteroatoms. The molecule has 0 radical (unpaired) electrons. The van der Waals surface area contributed by atoms with E-state index in [1.54, 1.807) is 18.7 Å². The lowest BCUT2D eigenvalue weighted by atomic mass is 10.2. The Morgan fingerprint density at radius 3 is 2.00 bits per heavy atom. The molecule has 1 heterocycles. The third kappa shape index (κ3) is 2.60. The number of hydrogen-bond donors (Lipinski definition) is 1. The normalized spacial score (nSPS) is 8.54. The number of carbonyl (C=O) groups excluding carboxylic acids is 1. The molecule has 1 rings (SSSR count). The number of rotatable bonds is 1. The summed E-state index contributed by atoms with van der Waals surface area (Å²) in [7, 11) is 1.79. The third-order valence-corrected chi connectivity index (χ3v) is 1.76. The van der Waals surface area contributed by atoms with Gasteiger partial charge in [0.15, 0.2) is 0 Å². The summed E-state index contributed by atoms with van der Waals surface area (Å²) in [6.07, 6.45) is 0. The molecule has 0 spiro atoms. The summed E-state index contributed by atoms with van der Waals surface area (Å²) in [5.41, 5.74) is 7.18. The van der Waals surface area contributed by atoms with Crippen molar-refractivity contribution in [3.8, 4) is 0 Å². The van der Waals surface area contributed by atoms with Crippen LogP contribution in [0, 0.1) is 13.8 Å². The molecule has 0 saturated carbocycles. The molecule has 0 fully saturated rings. The molecule has 1 aromatic heterocycles. The molecular formula is C7H13Cl2N3O. The lowest BCUT2D eigenvalue weighted by Gasteiger charge is -1.94. The molecule has 4 nitrogen and oxygen atoms in total. The third-order valence-electron chi connectivity index (χ3n) is 1.76. The largest absolute Gasteiger partial charge is 0.365 e. The quantitative estimate of drug-likeness (QED) is 0.775. The molecule has 13 heavy (non-hydrogen) atoms. The number of amides is 1. The Morgan fingerprint density at radius 2 is 1.85 bits per heavy atom. The van der Waals surface area contributed by atoms with Crippen LogP contribution >= 0.6 is 24.8 Å². The first-order chi connectivity index (χ1) is 5.04. The van der Waals surface area contributed by atoms with Crippen molar-refractivity contribution in [3.63, 3.8) is 0 Å². The van der Waals surface area contributed by atoms with Crippen molar-refractivity contribution in [2.45, 2.75) is 13.8 Å². The van der Waals surface area contributed by atoms with E-state index in [0.717, 1.165) is 5.69 Å². The van der Waals surface area contributed by atoms with Crippen LogP contribution in [0.25, 0.3) is 0 Å². The van der Waals surface area contributed by atoms with Crippen LogP contribution in [-0.2, 0) is 7.05 Å². The number of nitrogens with two attached hydrogens (primary N) is 1. The van der Waals surface area contributed by atoms with Crippen LogP contribution in [0.1, 0.15) is 21.7 Å². The van der Waals surface area contributed by atoms with Crippen LogP contribution in [-0.4, -0.2) is 15.7 Å². The van der Waals surface area contributed by atoms with Gasteiger partial charge >= 0.3 is 0 Å². The Labute approximate surface area is 89.3 Å². The highest BCUT2D eigenvalue weighted by Gasteiger charge is 2.13. The van der Waals surface area contributed by atoms with E-state index in [4.69, 9.17) is 5.73 Å². The molecule has 1 amide bonds. The highest BCUT2D eigenvalue weighted by atomic mass is 35.5. The first kappa shape index (κ1) is 14.8. The maximum Gasteiger partial charge on any atom is 0.252 e. The molecule has 76 valence electrons. The zero-order valence-corrected chi connectivity index (χ0v) is 9.33. The van der Waals surface area contributed by atoms with Gasteiger partial charge in [0.05, 0.1) is 11.3 Å². The molecule has 0 aromatic carbocycles. The highest BCUT2D eigenvalue weighted by Crippen LogP contribution is 2.09. The predicted molar refractivity (Wildman–Crippen MR) is 55.7 cm³/mol. The van der Waals surface area contributed by atoms with Crippen molar-refractivity contribution in [3.05, 3.63) is 17.0 Å². The molecule has 0 atom stereocenters. The van der Waals surface area contributed by atoms with Crippen LogP contribution in [0.3, 0.4) is 0 Å². The van der Waals surface area contributed by atoms with Gasteiger partial charge in [0.2, 0.25) is 0 Å². The van der Waals surface area contributed by atoms with Gasteiger partial charge in [-0.1, -0.05) is 0 Å². The van der Waals surface area contributed by atoms with Crippen LogP contribution in [0.2, 0.25) is 0 Å². The molecule has 0 aliphatic carbocycles. The van der Waals surface area contributed by atoms with E-state index in [9.17, 15) is 4.79 Å². The Balaban J connectivity index is 0. The predicted octanol–water partition coefficient (Wildman–Crippen LogP) is 0.979. The zero-order valence-electron chi connectivity index (χ0n) is 7.70. The number of aryl methyl sites for hydroxylation is 2. The summed E-state index contributed by atoms with van der Waals surface area (Å²) >= 11 is 0. The van der Waals surface area contributed by atoms with Crippen LogP contribution in [0.4, 0.5) is 0 Å². The zero-order chi connectivity index (χ0) is 8.59. The van der Waals surface area contributed by atoms with E-state index in [0.29, 0.717) is 11.3 Å². The minimum atomic E-state index is -0.409. The maximum absolute atomic E-state index is 10.8. The number of aromatic nitrogens is 2. The second kappa shape index (κ2) is 5.09. The van der Waals surface area contributed by atoms with Crippen molar-refractivity contribution in [2.75, 3.05) is 0 Å². The van der Waals surface area contributed by atoms with Gasteiger partial charge in [0.1, 0.15) is 0 Å². The SMILES string of the molecule is Cc1nn(C)c(C)c1C(N)=O.Cl.Cl. The molecule has 0 aliphatic rings. The molecular weight excluding hydrogens is 213 g/mol. The van der Waals surface area contributed by atoms with Crippen molar-refractivity contribution >= 4 is 30.7 Å². The van der Waals surface area contributed by atoms with E-state index >= 15 is 0 Å². The second-order valence-corrected chi connectivity index (χ2v) is 2.53. The summed E-state index contributed by atoms with van der Waals surface area (Å²) in [4.78, 5) is 10.8. The standard InChI is InChI=1S/C7H11N3O.2ClH/c1-4-6(7(8)11)5(2)10(3)9-4;;/h1-3H3,(H2,8,11);2*1H. The average Bonchev–Trinajstić information content (AvgIpc) is 2.07. The maximum atomic E-state index is 10.8. The van der Waals surface area contributed by atoms with E-state index in [1.807, 2.05) is 6.92 Å². The lowest BCUT2D eigenvalue weighted by molar-refractivity contribution is 0.0999. The van der Waals surface area contributed by atoms with Gasteiger partial charge in [0.25, 0.3) is 5.91 Å². The van der Waals surface area contributed by atoms with Gasteiger partial charge in [0, 0.05) is 12.7 Å². The number of carbonyl (C=O) groups is 1. The second-order valence-electron chi connectivity index (χ2n) is 2.53.